The van der Waals surface area contributed by atoms with Gasteiger partial charge in [0.1, 0.15) is 0 Å². The molecule has 0 saturated carbocycles. The van der Waals surface area contributed by atoms with E-state index in [2.05, 4.69) is 26.3 Å². The van der Waals surface area contributed by atoms with Crippen molar-refractivity contribution in [2.24, 2.45) is 10.8 Å². The molecule has 5 heteroatoms. The van der Waals surface area contributed by atoms with Crippen molar-refractivity contribution >= 4 is 33.1 Å². The Kier molecular flexibility index (Phi) is 3.04. The lowest BCUT2D eigenvalue weighted by Gasteiger charge is -1.98. The molecule has 0 aliphatic carbocycles. The number of nitrogens with two attached hydrogens (primary N) is 1. The summed E-state index contributed by atoms with van der Waals surface area (Å²) < 4.78 is 1.07. The molecule has 0 atom stereocenters. The van der Waals surface area contributed by atoms with Crippen molar-refractivity contribution in [2.45, 2.75) is 0 Å². The maximum Gasteiger partial charge on any atom is 0.152 e. The lowest BCUT2D eigenvalue weighted by molar-refractivity contribution is 1.02. The summed E-state index contributed by atoms with van der Waals surface area (Å²) in [7, 11) is 1.70. The topological polar surface area (TPSA) is 50.4 Å². The molecule has 11 heavy (non-hydrogen) atoms. The highest BCUT2D eigenvalue weighted by Gasteiger charge is 2.02. The van der Waals surface area contributed by atoms with Crippen LogP contribution in [0.2, 0.25) is 0 Å². The van der Waals surface area contributed by atoms with Crippen molar-refractivity contribution < 1.29 is 0 Å². The predicted molar refractivity (Wildman–Crippen MR) is 51.8 cm³/mol. The van der Waals surface area contributed by atoms with Crippen LogP contribution in [-0.2, 0) is 0 Å². The van der Waals surface area contributed by atoms with Crippen LogP contribution < -0.4 is 11.3 Å². The number of hydrogen-bond acceptors (Lipinski definition) is 3. The summed E-state index contributed by atoms with van der Waals surface area (Å²) in [4.78, 5) is 4.99. The molecule has 1 rings (SSSR count). The summed E-state index contributed by atoms with van der Waals surface area (Å²) in [6.45, 7) is 0. The van der Waals surface area contributed by atoms with E-state index in [1.807, 2.05) is 12.1 Å². The van der Waals surface area contributed by atoms with E-state index in [0.717, 1.165) is 8.66 Å². The van der Waals surface area contributed by atoms with Crippen LogP contribution >= 0.6 is 27.3 Å². The number of nitrogens with zero attached hydrogens (tertiary/aromatic N) is 1. The first-order chi connectivity index (χ1) is 5.27. The number of rotatable bonds is 1. The first kappa shape index (κ1) is 8.70. The lowest BCUT2D eigenvalue weighted by Crippen LogP contribution is -2.30. The Morgan fingerprint density at radius 1 is 1.73 bits per heavy atom. The van der Waals surface area contributed by atoms with E-state index in [1.54, 1.807) is 18.4 Å². The van der Waals surface area contributed by atoms with E-state index in [4.69, 9.17) is 5.84 Å². The standard InChI is InChI=1S/C6H8BrN3S/c1-9-6(10-8)4-2-3-5(7)11-4/h2-3H,8H2,1H3,(H,9,10). The molecule has 60 valence electrons. The van der Waals surface area contributed by atoms with Crippen molar-refractivity contribution in [2.75, 3.05) is 7.05 Å². The fourth-order valence-electron chi connectivity index (χ4n) is 0.687. The Hall–Kier alpha value is -0.390. The maximum absolute atomic E-state index is 5.24. The summed E-state index contributed by atoms with van der Waals surface area (Å²) in [5.41, 5.74) is 2.52. The second-order valence-corrected chi connectivity index (χ2v) is 4.28. The molecule has 1 aromatic heterocycles. The predicted octanol–water partition coefficient (Wildman–Crippen LogP) is 1.35. The molecule has 0 saturated heterocycles. The van der Waals surface area contributed by atoms with Gasteiger partial charge in [-0.05, 0) is 28.1 Å². The zero-order valence-corrected chi connectivity index (χ0v) is 8.37. The zero-order chi connectivity index (χ0) is 8.27. The van der Waals surface area contributed by atoms with Gasteiger partial charge < -0.3 is 5.43 Å². The minimum atomic E-state index is 0.709. The van der Waals surface area contributed by atoms with Crippen molar-refractivity contribution in [3.8, 4) is 0 Å². The van der Waals surface area contributed by atoms with E-state index in [1.165, 1.54) is 0 Å². The van der Waals surface area contributed by atoms with E-state index in [9.17, 15) is 0 Å². The number of halogens is 1. The Morgan fingerprint density at radius 2 is 2.45 bits per heavy atom. The van der Waals surface area contributed by atoms with Gasteiger partial charge in [-0.2, -0.15) is 0 Å². The second kappa shape index (κ2) is 3.85. The minimum Gasteiger partial charge on any atom is -0.308 e. The molecule has 0 amide bonds. The number of thiophene rings is 1. The molecule has 0 bridgehead atoms. The molecule has 3 N–H and O–H groups in total. The summed E-state index contributed by atoms with van der Waals surface area (Å²) in [6, 6.07) is 3.92. The molecule has 0 unspecified atom stereocenters. The van der Waals surface area contributed by atoms with Crippen molar-refractivity contribution in [3.63, 3.8) is 0 Å². The van der Waals surface area contributed by atoms with Crippen LogP contribution in [0.15, 0.2) is 20.9 Å². The van der Waals surface area contributed by atoms with Gasteiger partial charge in [0.25, 0.3) is 0 Å². The van der Waals surface area contributed by atoms with Crippen molar-refractivity contribution in [3.05, 3.63) is 20.8 Å². The molecule has 0 radical (unpaired) electrons. The molecular weight excluding hydrogens is 226 g/mol. The number of amidine groups is 1. The monoisotopic (exact) mass is 233 g/mol. The van der Waals surface area contributed by atoms with Gasteiger partial charge in [0, 0.05) is 7.05 Å². The molecule has 0 fully saturated rings. The van der Waals surface area contributed by atoms with Crippen molar-refractivity contribution in [1.29, 1.82) is 0 Å². The van der Waals surface area contributed by atoms with Gasteiger partial charge in [-0.15, -0.1) is 11.3 Å². The highest BCUT2D eigenvalue weighted by molar-refractivity contribution is 9.11. The highest BCUT2D eigenvalue weighted by atomic mass is 79.9. The first-order valence-corrected chi connectivity index (χ1v) is 4.58. The van der Waals surface area contributed by atoms with Crippen LogP contribution in [0, 0.1) is 0 Å². The number of nitrogens with one attached hydrogen (secondary N) is 1. The van der Waals surface area contributed by atoms with Gasteiger partial charge in [0.05, 0.1) is 8.66 Å². The first-order valence-electron chi connectivity index (χ1n) is 2.97. The summed E-state index contributed by atoms with van der Waals surface area (Å²) in [5, 5.41) is 0. The van der Waals surface area contributed by atoms with E-state index in [-0.39, 0.29) is 0 Å². The van der Waals surface area contributed by atoms with Crippen LogP contribution in [0.4, 0.5) is 0 Å². The maximum atomic E-state index is 5.24. The van der Waals surface area contributed by atoms with E-state index < -0.39 is 0 Å². The zero-order valence-electron chi connectivity index (χ0n) is 5.97. The number of hydrogen-bond donors (Lipinski definition) is 2. The molecular formula is C6H8BrN3S. The third-order valence-corrected chi connectivity index (χ3v) is 2.80. The van der Waals surface area contributed by atoms with E-state index in [0.29, 0.717) is 5.84 Å². The van der Waals surface area contributed by atoms with Crippen LogP contribution in [0.25, 0.3) is 0 Å². The number of hydrazine groups is 1. The van der Waals surface area contributed by atoms with Gasteiger partial charge in [0.15, 0.2) is 5.84 Å². The van der Waals surface area contributed by atoms with Gasteiger partial charge in [-0.3, -0.25) is 4.99 Å². The fraction of sp³-hybridized carbons (Fsp3) is 0.167. The quantitative estimate of drug-likeness (QED) is 0.333. The molecule has 0 aromatic carbocycles. The number of aliphatic imine (C=N–C) groups is 1. The van der Waals surface area contributed by atoms with Gasteiger partial charge in [-0.1, -0.05) is 0 Å². The normalized spacial score (nSPS) is 11.7. The van der Waals surface area contributed by atoms with Crippen LogP contribution in [0.1, 0.15) is 4.88 Å². The molecule has 0 spiro atoms. The van der Waals surface area contributed by atoms with Gasteiger partial charge in [-0.25, -0.2) is 5.84 Å². The molecule has 1 heterocycles. The third kappa shape index (κ3) is 2.02. The summed E-state index contributed by atoms with van der Waals surface area (Å²) in [6.07, 6.45) is 0. The minimum absolute atomic E-state index is 0.709. The molecule has 0 aliphatic rings. The Balaban J connectivity index is 2.91. The average molecular weight is 234 g/mol. The largest absolute Gasteiger partial charge is 0.308 e. The Bertz CT molecular complexity index is 269. The van der Waals surface area contributed by atoms with Crippen LogP contribution in [0.5, 0.6) is 0 Å². The van der Waals surface area contributed by atoms with Gasteiger partial charge in [0.2, 0.25) is 0 Å². The summed E-state index contributed by atoms with van der Waals surface area (Å²) in [5.74, 6) is 5.94. The lowest BCUT2D eigenvalue weighted by atomic mass is 10.4. The van der Waals surface area contributed by atoms with E-state index >= 15 is 0 Å². The highest BCUT2D eigenvalue weighted by Crippen LogP contribution is 2.21. The Labute approximate surface area is 77.4 Å². The Morgan fingerprint density at radius 3 is 2.82 bits per heavy atom. The second-order valence-electron chi connectivity index (χ2n) is 1.82. The van der Waals surface area contributed by atoms with Gasteiger partial charge >= 0.3 is 0 Å². The van der Waals surface area contributed by atoms with Crippen LogP contribution in [-0.4, -0.2) is 12.9 Å². The molecule has 1 aromatic rings. The SMILES string of the molecule is CN=C(NN)c1ccc(Br)s1. The van der Waals surface area contributed by atoms with Crippen molar-refractivity contribution in [1.82, 2.24) is 5.43 Å². The molecule has 3 nitrogen and oxygen atoms in total. The average Bonchev–Trinajstić information content (AvgIpc) is 2.39. The third-order valence-electron chi connectivity index (χ3n) is 1.17. The smallest absolute Gasteiger partial charge is 0.152 e. The van der Waals surface area contributed by atoms with Crippen LogP contribution in [0.3, 0.4) is 0 Å². The summed E-state index contributed by atoms with van der Waals surface area (Å²) >= 11 is 4.94. The molecule has 0 aliphatic heterocycles. The fourth-order valence-corrected chi connectivity index (χ4v) is 2.07.